The summed E-state index contributed by atoms with van der Waals surface area (Å²) in [6, 6.07) is 7.55. The highest BCUT2D eigenvalue weighted by molar-refractivity contribution is 7.90. The van der Waals surface area contributed by atoms with E-state index in [1.54, 1.807) is 30.3 Å². The standard InChI is InChI=1S/C22H23N5O6S/c1-4-32-19-10-14(6-7-18(19)31-2)17(13-34(3,29)30)27-20-16(26-22(27)28)11-15(12-25-20)33-21-23-8-5-9-24-21/h5-12,17H,4,13H2,1-3H3,(H,26,28)/t17-/m1/s1. The molecule has 4 rings (SSSR count). The topological polar surface area (TPSA) is 138 Å². The summed E-state index contributed by atoms with van der Waals surface area (Å²) in [6.07, 6.45) is 5.60. The van der Waals surface area contributed by atoms with Crippen molar-refractivity contribution in [1.82, 2.24) is 24.5 Å². The Morgan fingerprint density at radius 2 is 1.88 bits per heavy atom. The maximum Gasteiger partial charge on any atom is 0.328 e. The highest BCUT2D eigenvalue weighted by Crippen LogP contribution is 2.33. The van der Waals surface area contributed by atoms with Gasteiger partial charge in [0.05, 0.1) is 37.2 Å². The van der Waals surface area contributed by atoms with E-state index in [1.807, 2.05) is 6.92 Å². The number of benzene rings is 1. The van der Waals surface area contributed by atoms with Gasteiger partial charge in [-0.05, 0) is 30.7 Å². The normalized spacial score (nSPS) is 12.4. The number of methoxy groups -OCH3 is 1. The van der Waals surface area contributed by atoms with Gasteiger partial charge in [0.25, 0.3) is 0 Å². The first-order valence-corrected chi connectivity index (χ1v) is 12.4. The van der Waals surface area contributed by atoms with Crippen molar-refractivity contribution < 1.29 is 22.6 Å². The number of H-pyrrole nitrogens is 1. The highest BCUT2D eigenvalue weighted by Gasteiger charge is 2.25. The summed E-state index contributed by atoms with van der Waals surface area (Å²) in [6.45, 7) is 2.22. The summed E-state index contributed by atoms with van der Waals surface area (Å²) in [5.41, 5.74) is 0.680. The molecule has 1 atom stereocenters. The van der Waals surface area contributed by atoms with E-state index < -0.39 is 21.6 Å². The second kappa shape index (κ2) is 9.51. The Labute approximate surface area is 195 Å². The van der Waals surface area contributed by atoms with Crippen LogP contribution in [0, 0.1) is 0 Å². The predicted octanol–water partition coefficient (Wildman–Crippen LogP) is 2.35. The van der Waals surface area contributed by atoms with Crippen LogP contribution in [0.15, 0.2) is 53.7 Å². The predicted molar refractivity (Wildman–Crippen MR) is 124 cm³/mol. The molecule has 0 unspecified atom stereocenters. The van der Waals surface area contributed by atoms with Crippen molar-refractivity contribution in [2.45, 2.75) is 13.0 Å². The number of aromatic amines is 1. The molecule has 0 fully saturated rings. The van der Waals surface area contributed by atoms with Gasteiger partial charge in [-0.1, -0.05) is 6.07 Å². The van der Waals surface area contributed by atoms with Gasteiger partial charge in [-0.3, -0.25) is 4.57 Å². The Morgan fingerprint density at radius 1 is 1.12 bits per heavy atom. The van der Waals surface area contributed by atoms with Gasteiger partial charge in [-0.15, -0.1) is 0 Å². The maximum absolute atomic E-state index is 13.0. The third-order valence-electron chi connectivity index (χ3n) is 4.93. The molecule has 12 heteroatoms. The molecule has 178 valence electrons. The molecule has 0 aliphatic heterocycles. The van der Waals surface area contributed by atoms with Crippen LogP contribution < -0.4 is 19.9 Å². The molecule has 4 aromatic rings. The van der Waals surface area contributed by atoms with E-state index in [2.05, 4.69) is 19.9 Å². The van der Waals surface area contributed by atoms with E-state index >= 15 is 0 Å². The smallest absolute Gasteiger partial charge is 0.328 e. The van der Waals surface area contributed by atoms with Crippen molar-refractivity contribution in [2.24, 2.45) is 0 Å². The van der Waals surface area contributed by atoms with Crippen molar-refractivity contribution in [3.05, 3.63) is 65.0 Å². The van der Waals surface area contributed by atoms with Crippen LogP contribution in [0.3, 0.4) is 0 Å². The second-order valence-corrected chi connectivity index (χ2v) is 9.61. The molecule has 11 nitrogen and oxygen atoms in total. The van der Waals surface area contributed by atoms with Crippen LogP contribution in [0.25, 0.3) is 11.2 Å². The van der Waals surface area contributed by atoms with Gasteiger partial charge >= 0.3 is 11.7 Å². The molecular weight excluding hydrogens is 462 g/mol. The first-order chi connectivity index (χ1) is 16.3. The van der Waals surface area contributed by atoms with Crippen LogP contribution in [0.1, 0.15) is 18.5 Å². The Morgan fingerprint density at radius 3 is 2.56 bits per heavy atom. The zero-order valence-electron chi connectivity index (χ0n) is 18.8. The largest absolute Gasteiger partial charge is 0.493 e. The fraction of sp³-hybridized carbons (Fsp3) is 0.273. The Bertz CT molecular complexity index is 1470. The lowest BCUT2D eigenvalue weighted by molar-refractivity contribution is 0.310. The number of sulfone groups is 1. The number of aromatic nitrogens is 5. The first kappa shape index (κ1) is 23.2. The van der Waals surface area contributed by atoms with Gasteiger partial charge in [-0.25, -0.2) is 28.2 Å². The number of hydrogen-bond donors (Lipinski definition) is 1. The fourth-order valence-corrected chi connectivity index (χ4v) is 4.47. The zero-order valence-corrected chi connectivity index (χ0v) is 19.6. The molecule has 0 amide bonds. The van der Waals surface area contributed by atoms with Crippen LogP contribution in [0.2, 0.25) is 0 Å². The van der Waals surface area contributed by atoms with E-state index in [0.717, 1.165) is 6.26 Å². The number of nitrogens with zero attached hydrogens (tertiary/aromatic N) is 4. The monoisotopic (exact) mass is 485 g/mol. The van der Waals surface area contributed by atoms with E-state index in [0.29, 0.717) is 34.9 Å². The van der Waals surface area contributed by atoms with Crippen molar-refractivity contribution in [1.29, 1.82) is 0 Å². The van der Waals surface area contributed by atoms with Crippen LogP contribution >= 0.6 is 0 Å². The van der Waals surface area contributed by atoms with Crippen molar-refractivity contribution >= 4 is 21.0 Å². The average molecular weight is 486 g/mol. The third kappa shape index (κ3) is 5.01. The van der Waals surface area contributed by atoms with Gasteiger partial charge < -0.3 is 19.2 Å². The van der Waals surface area contributed by atoms with Gasteiger partial charge in [0.1, 0.15) is 9.84 Å². The third-order valence-corrected chi connectivity index (χ3v) is 5.85. The van der Waals surface area contributed by atoms with Crippen LogP contribution in [-0.4, -0.2) is 58.6 Å². The molecular formula is C22H23N5O6S. The van der Waals surface area contributed by atoms with Crippen LogP contribution in [0.4, 0.5) is 0 Å². The summed E-state index contributed by atoms with van der Waals surface area (Å²) in [4.78, 5) is 28.1. The Kier molecular flexibility index (Phi) is 6.50. The molecule has 34 heavy (non-hydrogen) atoms. The van der Waals surface area contributed by atoms with Gasteiger partial charge in [0, 0.05) is 24.7 Å². The highest BCUT2D eigenvalue weighted by atomic mass is 32.2. The zero-order chi connectivity index (χ0) is 24.3. The molecule has 1 N–H and O–H groups in total. The minimum absolute atomic E-state index is 0.127. The molecule has 0 aliphatic carbocycles. The number of nitrogens with one attached hydrogen (secondary N) is 1. The van der Waals surface area contributed by atoms with Crippen molar-refractivity contribution in [3.8, 4) is 23.3 Å². The SMILES string of the molecule is CCOc1cc([C@@H](CS(C)(=O)=O)n2c(=O)[nH]c3cc(Oc4ncccn4)cnc32)ccc1OC. The van der Waals surface area contributed by atoms with E-state index in [-0.39, 0.29) is 17.4 Å². The lowest BCUT2D eigenvalue weighted by Gasteiger charge is -2.20. The maximum atomic E-state index is 13.0. The fourth-order valence-electron chi connectivity index (χ4n) is 3.56. The molecule has 0 spiro atoms. The molecule has 0 bridgehead atoms. The summed E-state index contributed by atoms with van der Waals surface area (Å²) < 4.78 is 42.5. The van der Waals surface area contributed by atoms with Gasteiger partial charge in [0.2, 0.25) is 0 Å². The number of ether oxygens (including phenoxy) is 3. The Balaban J connectivity index is 1.81. The number of pyridine rings is 1. The summed E-state index contributed by atoms with van der Waals surface area (Å²) in [7, 11) is -1.97. The van der Waals surface area contributed by atoms with Crippen LogP contribution in [0.5, 0.6) is 23.3 Å². The van der Waals surface area contributed by atoms with Gasteiger partial charge in [0.15, 0.2) is 22.9 Å². The minimum atomic E-state index is -3.49. The summed E-state index contributed by atoms with van der Waals surface area (Å²) >= 11 is 0. The summed E-state index contributed by atoms with van der Waals surface area (Å²) in [5, 5.41) is 0. The molecule has 3 heterocycles. The summed E-state index contributed by atoms with van der Waals surface area (Å²) in [5.74, 6) is 0.934. The molecule has 0 aliphatic rings. The minimum Gasteiger partial charge on any atom is -0.493 e. The second-order valence-electron chi connectivity index (χ2n) is 7.43. The lowest BCUT2D eigenvalue weighted by Crippen LogP contribution is -2.28. The Hall–Kier alpha value is -3.93. The molecule has 0 saturated heterocycles. The van der Waals surface area contributed by atoms with Crippen LogP contribution in [-0.2, 0) is 9.84 Å². The van der Waals surface area contributed by atoms with E-state index in [1.165, 1.54) is 30.3 Å². The molecule has 0 saturated carbocycles. The number of imidazole rings is 1. The average Bonchev–Trinajstić information content (AvgIpc) is 3.12. The van der Waals surface area contributed by atoms with Crippen molar-refractivity contribution in [3.63, 3.8) is 0 Å². The number of rotatable bonds is 9. The molecule has 1 aromatic carbocycles. The molecule has 3 aromatic heterocycles. The number of hydrogen-bond acceptors (Lipinski definition) is 9. The van der Waals surface area contributed by atoms with E-state index in [4.69, 9.17) is 14.2 Å². The van der Waals surface area contributed by atoms with E-state index in [9.17, 15) is 13.2 Å². The lowest BCUT2D eigenvalue weighted by atomic mass is 10.1. The van der Waals surface area contributed by atoms with Gasteiger partial charge in [-0.2, -0.15) is 0 Å². The van der Waals surface area contributed by atoms with Crippen molar-refractivity contribution in [2.75, 3.05) is 25.7 Å². The first-order valence-electron chi connectivity index (χ1n) is 10.3. The number of fused-ring (bicyclic) bond motifs is 1. The quantitative estimate of drug-likeness (QED) is 0.378. The molecule has 0 radical (unpaired) electrons.